The summed E-state index contributed by atoms with van der Waals surface area (Å²) in [5.41, 5.74) is 0.931. The maximum Gasteiger partial charge on any atom is 0.257 e. The van der Waals surface area contributed by atoms with Gasteiger partial charge in [-0.1, -0.05) is 6.07 Å². The lowest BCUT2D eigenvalue weighted by atomic mass is 10.1. The van der Waals surface area contributed by atoms with E-state index in [0.29, 0.717) is 56.8 Å². The third-order valence-corrected chi connectivity index (χ3v) is 6.95. The van der Waals surface area contributed by atoms with Crippen molar-refractivity contribution in [1.82, 2.24) is 9.62 Å². The first-order chi connectivity index (χ1) is 15.4. The minimum Gasteiger partial charge on any atom is -0.496 e. The highest BCUT2D eigenvalue weighted by molar-refractivity contribution is 7.89. The molecule has 0 spiro atoms. The molecule has 1 N–H and O–H groups in total. The average molecular weight is 463 g/mol. The van der Waals surface area contributed by atoms with E-state index in [0.717, 1.165) is 5.56 Å². The maximum atomic E-state index is 13.1. The van der Waals surface area contributed by atoms with Crippen molar-refractivity contribution < 1.29 is 32.2 Å². The Kier molecular flexibility index (Phi) is 6.54. The van der Waals surface area contributed by atoms with Gasteiger partial charge in [0.15, 0.2) is 11.5 Å². The Balaban J connectivity index is 1.57. The second-order valence-electron chi connectivity index (χ2n) is 7.51. The summed E-state index contributed by atoms with van der Waals surface area (Å²) in [6.07, 6.45) is 0. The molecule has 1 saturated heterocycles. The Morgan fingerprint density at radius 1 is 1.03 bits per heavy atom. The first kappa shape index (κ1) is 22.4. The van der Waals surface area contributed by atoms with Crippen LogP contribution in [0.2, 0.25) is 0 Å². The molecule has 0 aliphatic carbocycles. The summed E-state index contributed by atoms with van der Waals surface area (Å²) in [7, 11) is -2.47. The molecule has 0 aromatic heterocycles. The highest BCUT2D eigenvalue weighted by Gasteiger charge is 2.26. The molecule has 2 aromatic carbocycles. The van der Waals surface area contributed by atoms with Crippen molar-refractivity contribution in [2.24, 2.45) is 0 Å². The Hall–Kier alpha value is -2.82. The number of morpholine rings is 1. The number of methoxy groups -OCH3 is 1. The van der Waals surface area contributed by atoms with Crippen LogP contribution in [0.1, 0.15) is 28.9 Å². The topological polar surface area (TPSA) is 103 Å². The zero-order chi connectivity index (χ0) is 22.7. The van der Waals surface area contributed by atoms with Crippen LogP contribution in [0.4, 0.5) is 0 Å². The molecule has 0 unspecified atom stereocenters. The van der Waals surface area contributed by atoms with Crippen molar-refractivity contribution in [3.05, 3.63) is 47.5 Å². The number of nitrogens with one attached hydrogen (secondary N) is 1. The molecule has 4 rings (SSSR count). The second-order valence-corrected chi connectivity index (χ2v) is 9.23. The Morgan fingerprint density at radius 3 is 2.47 bits per heavy atom. The number of carbonyl (C=O) groups is 1. The first-order valence-electron chi connectivity index (χ1n) is 10.4. The van der Waals surface area contributed by atoms with Gasteiger partial charge in [0.1, 0.15) is 19.0 Å². The highest BCUT2D eigenvalue weighted by atomic mass is 32.2. The lowest BCUT2D eigenvalue weighted by molar-refractivity contribution is 0.0300. The van der Waals surface area contributed by atoms with Gasteiger partial charge >= 0.3 is 0 Å². The minimum atomic E-state index is -3.91. The lowest BCUT2D eigenvalue weighted by Crippen LogP contribution is -2.40. The van der Waals surface area contributed by atoms with Crippen LogP contribution in [0.25, 0.3) is 0 Å². The molecule has 2 aliphatic rings. The fourth-order valence-corrected chi connectivity index (χ4v) is 4.91. The molecule has 0 saturated carbocycles. The number of sulfonamides is 1. The molecule has 2 heterocycles. The van der Waals surface area contributed by atoms with Crippen LogP contribution in [0.5, 0.6) is 17.2 Å². The predicted molar refractivity (Wildman–Crippen MR) is 116 cm³/mol. The molecule has 9 nitrogen and oxygen atoms in total. The van der Waals surface area contributed by atoms with Crippen LogP contribution >= 0.6 is 0 Å². The van der Waals surface area contributed by atoms with Gasteiger partial charge in [-0.15, -0.1) is 0 Å². The van der Waals surface area contributed by atoms with E-state index in [1.807, 2.05) is 0 Å². The largest absolute Gasteiger partial charge is 0.496 e. The molecule has 2 aromatic rings. The van der Waals surface area contributed by atoms with Crippen molar-refractivity contribution >= 4 is 15.9 Å². The number of fused-ring (bicyclic) bond motifs is 1. The number of ether oxygens (including phenoxy) is 4. The van der Waals surface area contributed by atoms with Gasteiger partial charge < -0.3 is 23.8 Å². The molecule has 10 heteroatoms. The number of hydrogen-bond acceptors (Lipinski definition) is 7. The van der Waals surface area contributed by atoms with Gasteiger partial charge in [0.25, 0.3) is 5.91 Å². The summed E-state index contributed by atoms with van der Waals surface area (Å²) in [5.74, 6) is 1.25. The molecule has 0 radical (unpaired) electrons. The van der Waals surface area contributed by atoms with E-state index in [1.54, 1.807) is 30.0 Å². The highest BCUT2D eigenvalue weighted by Crippen LogP contribution is 2.33. The standard InChI is InChI=1S/C22H26N2O7S/c1-15(16-3-5-20-21(13-16)31-12-11-30-20)23-32(26,27)17-4-6-19(28-2)18(14-17)22(25)24-7-9-29-10-8-24/h3-6,13-15,23H,7-12H2,1-2H3/t15-/m0/s1. The van der Waals surface area contributed by atoms with Crippen LogP contribution in [0, 0.1) is 0 Å². The van der Waals surface area contributed by atoms with Gasteiger partial charge in [0, 0.05) is 19.1 Å². The maximum absolute atomic E-state index is 13.1. The van der Waals surface area contributed by atoms with Crippen molar-refractivity contribution in [1.29, 1.82) is 0 Å². The van der Waals surface area contributed by atoms with E-state index in [9.17, 15) is 13.2 Å². The number of nitrogens with zero attached hydrogens (tertiary/aromatic N) is 1. The Morgan fingerprint density at radius 2 is 1.75 bits per heavy atom. The van der Waals surface area contributed by atoms with Gasteiger partial charge in [0.05, 0.1) is 30.8 Å². The molecular formula is C22H26N2O7S. The molecule has 32 heavy (non-hydrogen) atoms. The quantitative estimate of drug-likeness (QED) is 0.700. The van der Waals surface area contributed by atoms with Crippen LogP contribution in [-0.4, -0.2) is 65.9 Å². The number of rotatable bonds is 6. The van der Waals surface area contributed by atoms with E-state index in [2.05, 4.69) is 4.72 Å². The molecule has 1 amide bonds. The SMILES string of the molecule is COc1ccc(S(=O)(=O)N[C@@H](C)c2ccc3c(c2)OCCO3)cc1C(=O)N1CCOCC1. The van der Waals surface area contributed by atoms with Gasteiger partial charge in [-0.05, 0) is 42.8 Å². The fourth-order valence-electron chi connectivity index (χ4n) is 3.66. The number of amides is 1. The van der Waals surface area contributed by atoms with Crippen LogP contribution in [0.3, 0.4) is 0 Å². The van der Waals surface area contributed by atoms with Crippen molar-refractivity contribution in [2.75, 3.05) is 46.6 Å². The predicted octanol–water partition coefficient (Wildman–Crippen LogP) is 1.98. The van der Waals surface area contributed by atoms with E-state index >= 15 is 0 Å². The molecule has 1 fully saturated rings. The zero-order valence-electron chi connectivity index (χ0n) is 18.0. The third kappa shape index (κ3) is 4.67. The third-order valence-electron chi connectivity index (χ3n) is 5.41. The van der Waals surface area contributed by atoms with Crippen LogP contribution < -0.4 is 18.9 Å². The molecule has 172 valence electrons. The van der Waals surface area contributed by atoms with Crippen molar-refractivity contribution in [3.8, 4) is 17.2 Å². The summed E-state index contributed by atoms with van der Waals surface area (Å²) in [6.45, 7) is 4.45. The molecule has 1 atom stereocenters. The summed E-state index contributed by atoms with van der Waals surface area (Å²) < 4.78 is 50.6. The van der Waals surface area contributed by atoms with Crippen molar-refractivity contribution in [3.63, 3.8) is 0 Å². The molecule has 2 aliphatic heterocycles. The van der Waals surface area contributed by atoms with Gasteiger partial charge in [-0.25, -0.2) is 13.1 Å². The van der Waals surface area contributed by atoms with Crippen molar-refractivity contribution in [2.45, 2.75) is 17.9 Å². The smallest absolute Gasteiger partial charge is 0.257 e. The summed E-state index contributed by atoms with van der Waals surface area (Å²) >= 11 is 0. The van der Waals surface area contributed by atoms with Gasteiger partial charge in [0.2, 0.25) is 10.0 Å². The fraction of sp³-hybridized carbons (Fsp3) is 0.409. The normalized spacial score (nSPS) is 17.0. The van der Waals surface area contributed by atoms with Gasteiger partial charge in [-0.2, -0.15) is 0 Å². The van der Waals surface area contributed by atoms with E-state index in [1.165, 1.54) is 25.3 Å². The molecule has 0 bridgehead atoms. The monoisotopic (exact) mass is 462 g/mol. The number of hydrogen-bond donors (Lipinski definition) is 1. The number of carbonyl (C=O) groups excluding carboxylic acids is 1. The van der Waals surface area contributed by atoms with E-state index in [-0.39, 0.29) is 16.4 Å². The van der Waals surface area contributed by atoms with E-state index in [4.69, 9.17) is 18.9 Å². The first-order valence-corrected chi connectivity index (χ1v) is 11.8. The Labute approximate surface area is 187 Å². The summed E-state index contributed by atoms with van der Waals surface area (Å²) in [6, 6.07) is 9.07. The van der Waals surface area contributed by atoms with Gasteiger partial charge in [-0.3, -0.25) is 4.79 Å². The summed E-state index contributed by atoms with van der Waals surface area (Å²) in [4.78, 5) is 14.6. The Bertz CT molecular complexity index is 1100. The summed E-state index contributed by atoms with van der Waals surface area (Å²) in [5, 5.41) is 0. The zero-order valence-corrected chi connectivity index (χ0v) is 18.8. The number of benzene rings is 2. The van der Waals surface area contributed by atoms with Crippen LogP contribution in [-0.2, 0) is 14.8 Å². The second kappa shape index (κ2) is 9.35. The molecular weight excluding hydrogens is 436 g/mol. The van der Waals surface area contributed by atoms with Crippen LogP contribution in [0.15, 0.2) is 41.3 Å². The minimum absolute atomic E-state index is 0.0145. The lowest BCUT2D eigenvalue weighted by Gasteiger charge is -2.27. The van der Waals surface area contributed by atoms with E-state index < -0.39 is 16.1 Å². The average Bonchev–Trinajstić information content (AvgIpc) is 2.83.